The average molecular weight is 340 g/mol. The topological polar surface area (TPSA) is 67.2 Å². The minimum Gasteiger partial charge on any atom is -0.300 e. The summed E-state index contributed by atoms with van der Waals surface area (Å²) in [6.45, 7) is 2.18. The van der Waals surface area contributed by atoms with Gasteiger partial charge < -0.3 is 0 Å². The summed E-state index contributed by atoms with van der Waals surface area (Å²) in [6, 6.07) is 0.854. The summed E-state index contributed by atoms with van der Waals surface area (Å²) >= 11 is 0. The highest BCUT2D eigenvalue weighted by atomic mass is 32.2. The van der Waals surface area contributed by atoms with Crippen LogP contribution in [0.5, 0.6) is 0 Å². The third kappa shape index (κ3) is 4.96. The number of aromatic nitrogens is 2. The predicted molar refractivity (Wildman–Crippen MR) is 74.8 cm³/mol. The maximum atomic E-state index is 12.6. The summed E-state index contributed by atoms with van der Waals surface area (Å²) in [5.41, 5.74) is -0.886. The molecule has 0 saturated carbocycles. The van der Waals surface area contributed by atoms with Gasteiger partial charge in [0.15, 0.2) is 5.69 Å². The van der Waals surface area contributed by atoms with E-state index in [0.717, 1.165) is 31.7 Å². The molecule has 2 rings (SSSR count). The van der Waals surface area contributed by atoms with E-state index in [1.165, 1.54) is 10.9 Å². The number of likely N-dealkylation sites (tertiary alicyclic amines) is 1. The van der Waals surface area contributed by atoms with Gasteiger partial charge in [0.05, 0.1) is 12.3 Å². The third-order valence-electron chi connectivity index (χ3n) is 3.55. The Balaban J connectivity index is 1.91. The van der Waals surface area contributed by atoms with Crippen molar-refractivity contribution in [3.8, 4) is 0 Å². The smallest absolute Gasteiger partial charge is 0.300 e. The summed E-state index contributed by atoms with van der Waals surface area (Å²) in [7, 11) is -3.22. The van der Waals surface area contributed by atoms with E-state index in [-0.39, 0.29) is 6.04 Å². The molecule has 1 N–H and O–H groups in total. The highest BCUT2D eigenvalue weighted by molar-refractivity contribution is 7.88. The van der Waals surface area contributed by atoms with E-state index in [1.54, 1.807) is 0 Å². The average Bonchev–Trinajstić information content (AvgIpc) is 2.87. The summed E-state index contributed by atoms with van der Waals surface area (Å²) in [5.74, 6) is 0. The van der Waals surface area contributed by atoms with Gasteiger partial charge in [0.2, 0.25) is 10.0 Å². The zero-order valence-corrected chi connectivity index (χ0v) is 13.0. The molecular weight excluding hydrogens is 321 g/mol. The van der Waals surface area contributed by atoms with Crippen molar-refractivity contribution in [1.29, 1.82) is 0 Å². The molecule has 1 atom stereocenters. The van der Waals surface area contributed by atoms with Crippen molar-refractivity contribution in [1.82, 2.24) is 19.4 Å². The summed E-state index contributed by atoms with van der Waals surface area (Å²) in [4.78, 5) is 2.03. The lowest BCUT2D eigenvalue weighted by molar-refractivity contribution is -0.141. The quantitative estimate of drug-likeness (QED) is 0.871. The number of sulfonamides is 1. The van der Waals surface area contributed by atoms with Gasteiger partial charge in [0.1, 0.15) is 0 Å². The zero-order chi connectivity index (χ0) is 16.4. The Bertz CT molecular complexity index is 600. The Morgan fingerprint density at radius 3 is 2.77 bits per heavy atom. The van der Waals surface area contributed by atoms with Crippen LogP contribution in [-0.2, 0) is 16.2 Å². The van der Waals surface area contributed by atoms with Gasteiger partial charge in [-0.25, -0.2) is 13.1 Å². The van der Waals surface area contributed by atoms with Crippen LogP contribution >= 0.6 is 0 Å². The number of halogens is 3. The molecule has 22 heavy (non-hydrogen) atoms. The van der Waals surface area contributed by atoms with Crippen LogP contribution in [0, 0.1) is 0 Å². The second-order valence-corrected chi connectivity index (χ2v) is 7.27. The van der Waals surface area contributed by atoms with Gasteiger partial charge in [-0.1, -0.05) is 0 Å². The first-order chi connectivity index (χ1) is 10.1. The molecule has 126 valence electrons. The van der Waals surface area contributed by atoms with E-state index >= 15 is 0 Å². The molecule has 1 saturated heterocycles. The molecule has 1 aliphatic heterocycles. The zero-order valence-electron chi connectivity index (χ0n) is 12.2. The first-order valence-electron chi connectivity index (χ1n) is 6.94. The summed E-state index contributed by atoms with van der Waals surface area (Å²) in [6.07, 6.45) is -0.390. The molecule has 0 spiro atoms. The molecule has 6 nitrogen and oxygen atoms in total. The van der Waals surface area contributed by atoms with Crippen LogP contribution in [0.2, 0.25) is 0 Å². The lowest BCUT2D eigenvalue weighted by Crippen LogP contribution is -2.41. The predicted octanol–water partition coefficient (Wildman–Crippen LogP) is 1.09. The molecule has 1 aromatic heterocycles. The highest BCUT2D eigenvalue weighted by Crippen LogP contribution is 2.29. The summed E-state index contributed by atoms with van der Waals surface area (Å²) in [5, 5.41) is 3.61. The Morgan fingerprint density at radius 2 is 2.18 bits per heavy atom. The van der Waals surface area contributed by atoms with Crippen molar-refractivity contribution in [3.05, 3.63) is 18.0 Å². The van der Waals surface area contributed by atoms with Crippen LogP contribution in [0.1, 0.15) is 24.6 Å². The lowest BCUT2D eigenvalue weighted by atomic mass is 10.1. The van der Waals surface area contributed by atoms with Crippen molar-refractivity contribution >= 4 is 10.0 Å². The molecule has 0 radical (unpaired) electrons. The van der Waals surface area contributed by atoms with Crippen LogP contribution in [0.15, 0.2) is 12.3 Å². The molecule has 1 aromatic rings. The van der Waals surface area contributed by atoms with Gasteiger partial charge in [-0.05, 0) is 25.5 Å². The van der Waals surface area contributed by atoms with Crippen LogP contribution in [0.25, 0.3) is 0 Å². The lowest BCUT2D eigenvalue weighted by Gasteiger charge is -2.32. The Labute approximate surface area is 127 Å². The van der Waals surface area contributed by atoms with E-state index in [0.29, 0.717) is 19.6 Å². The number of alkyl halides is 3. The summed E-state index contributed by atoms with van der Waals surface area (Å²) < 4.78 is 63.5. The third-order valence-corrected chi connectivity index (χ3v) is 4.27. The first kappa shape index (κ1) is 17.2. The van der Waals surface area contributed by atoms with E-state index in [4.69, 9.17) is 0 Å². The van der Waals surface area contributed by atoms with Crippen LogP contribution in [-0.4, -0.2) is 55.5 Å². The van der Waals surface area contributed by atoms with Gasteiger partial charge >= 0.3 is 6.18 Å². The molecule has 1 fully saturated rings. The van der Waals surface area contributed by atoms with Gasteiger partial charge in [-0.2, -0.15) is 18.3 Å². The van der Waals surface area contributed by atoms with E-state index in [9.17, 15) is 21.6 Å². The number of rotatable bonds is 5. The molecule has 0 bridgehead atoms. The normalized spacial score (nSPS) is 21.2. The minimum atomic E-state index is -4.43. The second kappa shape index (κ2) is 6.55. The Hall–Kier alpha value is -1.13. The molecule has 10 heteroatoms. The first-order valence-corrected chi connectivity index (χ1v) is 8.83. The van der Waals surface area contributed by atoms with Crippen LogP contribution < -0.4 is 4.72 Å². The van der Waals surface area contributed by atoms with E-state index < -0.39 is 21.9 Å². The van der Waals surface area contributed by atoms with Crippen LogP contribution in [0.4, 0.5) is 13.2 Å². The second-order valence-electron chi connectivity index (χ2n) is 5.44. The van der Waals surface area contributed by atoms with Crippen molar-refractivity contribution in [2.45, 2.75) is 25.1 Å². The van der Waals surface area contributed by atoms with Gasteiger partial charge in [0.25, 0.3) is 0 Å². The van der Waals surface area contributed by atoms with Crippen molar-refractivity contribution < 1.29 is 21.6 Å². The molecule has 0 aromatic carbocycles. The maximum absolute atomic E-state index is 12.6. The SMILES string of the molecule is CS(=O)(=O)NCCN1CCC[C@@H](n2ccc(C(F)(F)F)n2)C1. The van der Waals surface area contributed by atoms with Gasteiger partial charge in [0, 0.05) is 25.8 Å². The van der Waals surface area contributed by atoms with E-state index in [2.05, 4.69) is 9.82 Å². The fraction of sp³-hybridized carbons (Fsp3) is 0.750. The molecule has 0 amide bonds. The largest absolute Gasteiger partial charge is 0.435 e. The van der Waals surface area contributed by atoms with Gasteiger partial charge in [-0.15, -0.1) is 0 Å². The van der Waals surface area contributed by atoms with Gasteiger partial charge in [-0.3, -0.25) is 9.58 Å². The molecule has 1 aliphatic rings. The monoisotopic (exact) mass is 340 g/mol. The minimum absolute atomic E-state index is 0.122. The Kier molecular flexibility index (Phi) is 5.13. The highest BCUT2D eigenvalue weighted by Gasteiger charge is 2.34. The molecular formula is C12H19F3N4O2S. The number of nitrogens with zero attached hydrogens (tertiary/aromatic N) is 3. The molecule has 0 aliphatic carbocycles. The maximum Gasteiger partial charge on any atom is 0.435 e. The number of nitrogens with one attached hydrogen (secondary N) is 1. The molecule has 2 heterocycles. The standard InChI is InChI=1S/C12H19F3N4O2S/c1-22(20,21)16-5-8-18-6-2-3-10(9-18)19-7-4-11(17-19)12(13,14)15/h4,7,10,16H,2-3,5-6,8-9H2,1H3/t10-/m1/s1. The van der Waals surface area contributed by atoms with E-state index in [1.807, 2.05) is 4.90 Å². The number of hydrogen-bond acceptors (Lipinski definition) is 4. The number of piperidine rings is 1. The fourth-order valence-electron chi connectivity index (χ4n) is 2.53. The number of hydrogen-bond donors (Lipinski definition) is 1. The van der Waals surface area contributed by atoms with Crippen molar-refractivity contribution in [2.75, 3.05) is 32.4 Å². The Morgan fingerprint density at radius 1 is 1.45 bits per heavy atom. The molecule has 0 unspecified atom stereocenters. The fourth-order valence-corrected chi connectivity index (χ4v) is 2.99. The van der Waals surface area contributed by atoms with Crippen LogP contribution in [0.3, 0.4) is 0 Å². The van der Waals surface area contributed by atoms with Crippen molar-refractivity contribution in [3.63, 3.8) is 0 Å². The van der Waals surface area contributed by atoms with Crippen molar-refractivity contribution in [2.24, 2.45) is 0 Å².